The van der Waals surface area contributed by atoms with E-state index in [0.717, 1.165) is 6.42 Å². The van der Waals surface area contributed by atoms with Crippen molar-refractivity contribution in [1.29, 1.82) is 0 Å². The van der Waals surface area contributed by atoms with Gasteiger partial charge in [0.2, 0.25) is 0 Å². The van der Waals surface area contributed by atoms with Gasteiger partial charge in [-0.25, -0.2) is 8.42 Å². The summed E-state index contributed by atoms with van der Waals surface area (Å²) < 4.78 is 23.2. The molecule has 1 rings (SSSR count). The molecule has 0 saturated carbocycles. The van der Waals surface area contributed by atoms with Crippen LogP contribution >= 0.6 is 10.7 Å². The van der Waals surface area contributed by atoms with Crippen molar-refractivity contribution in [2.24, 2.45) is 0 Å². The predicted octanol–water partition coefficient (Wildman–Crippen LogP) is 1.22. The number of halogens is 1. The molecule has 0 unspecified atom stereocenters. The lowest BCUT2D eigenvalue weighted by Gasteiger charge is -1.96. The number of nitrogens with zero attached hydrogens (tertiary/aromatic N) is 2. The Labute approximate surface area is 87.3 Å². The molecule has 0 N–H and O–H groups in total. The number of hydrogen-bond acceptors (Lipinski definition) is 3. The molecule has 0 bridgehead atoms. The topological polar surface area (TPSA) is 52.0 Å². The Morgan fingerprint density at radius 2 is 2.36 bits per heavy atom. The van der Waals surface area contributed by atoms with Crippen molar-refractivity contribution in [3.8, 4) is 12.3 Å². The number of rotatable bonds is 4. The lowest BCUT2D eigenvalue weighted by Crippen LogP contribution is -1.97. The van der Waals surface area contributed by atoms with Crippen LogP contribution in [0.3, 0.4) is 0 Å². The molecule has 6 heteroatoms. The van der Waals surface area contributed by atoms with E-state index in [9.17, 15) is 8.42 Å². The molecule has 4 nitrogen and oxygen atoms in total. The van der Waals surface area contributed by atoms with E-state index in [1.54, 1.807) is 0 Å². The Kier molecular flexibility index (Phi) is 3.55. The predicted molar refractivity (Wildman–Crippen MR) is 53.3 cm³/mol. The number of terminal acetylenes is 1. The number of aryl methyl sites for hydroxylation is 1. The van der Waals surface area contributed by atoms with Gasteiger partial charge in [-0.1, -0.05) is 0 Å². The first-order chi connectivity index (χ1) is 6.54. The fourth-order valence-electron chi connectivity index (χ4n) is 0.936. The van der Waals surface area contributed by atoms with Crippen LogP contribution in [-0.2, 0) is 15.6 Å². The van der Waals surface area contributed by atoms with Gasteiger partial charge in [0.15, 0.2) is 0 Å². The van der Waals surface area contributed by atoms with Crippen LogP contribution in [0.1, 0.15) is 12.8 Å². The third-order valence-electron chi connectivity index (χ3n) is 1.60. The molecule has 76 valence electrons. The smallest absolute Gasteiger partial charge is 0.264 e. The van der Waals surface area contributed by atoms with Crippen LogP contribution in [0, 0.1) is 12.3 Å². The highest BCUT2D eigenvalue weighted by atomic mass is 35.7. The summed E-state index contributed by atoms with van der Waals surface area (Å²) in [4.78, 5) is 0.0138. The molecule has 14 heavy (non-hydrogen) atoms. The lowest BCUT2D eigenvalue weighted by molar-refractivity contribution is 0.585. The van der Waals surface area contributed by atoms with Crippen molar-refractivity contribution in [3.63, 3.8) is 0 Å². The molecule has 0 aliphatic carbocycles. The molecule has 0 radical (unpaired) electrons. The van der Waals surface area contributed by atoms with Crippen LogP contribution in [0.4, 0.5) is 0 Å². The molecule has 0 atom stereocenters. The number of hydrogen-bond donors (Lipinski definition) is 0. The highest BCUT2D eigenvalue weighted by Crippen LogP contribution is 2.13. The van der Waals surface area contributed by atoms with Crippen LogP contribution in [0.2, 0.25) is 0 Å². The molecular formula is C8H9ClN2O2S. The molecule has 0 spiro atoms. The fourth-order valence-corrected chi connectivity index (χ4v) is 1.60. The Hall–Kier alpha value is -0.990. The van der Waals surface area contributed by atoms with Gasteiger partial charge < -0.3 is 0 Å². The highest BCUT2D eigenvalue weighted by molar-refractivity contribution is 8.13. The summed E-state index contributed by atoms with van der Waals surface area (Å²) in [6.45, 7) is 0.594. The molecule has 1 aromatic rings. The van der Waals surface area contributed by atoms with Gasteiger partial charge in [-0.3, -0.25) is 4.68 Å². The maximum absolute atomic E-state index is 10.9. The van der Waals surface area contributed by atoms with E-state index < -0.39 is 9.05 Å². The highest BCUT2D eigenvalue weighted by Gasteiger charge is 2.11. The Morgan fingerprint density at radius 1 is 1.64 bits per heavy atom. The van der Waals surface area contributed by atoms with Crippen LogP contribution in [-0.4, -0.2) is 18.2 Å². The normalized spacial score (nSPS) is 11.1. The largest absolute Gasteiger partial charge is 0.271 e. The van der Waals surface area contributed by atoms with Crippen molar-refractivity contribution in [2.75, 3.05) is 0 Å². The van der Waals surface area contributed by atoms with Crippen LogP contribution in [0.5, 0.6) is 0 Å². The molecule has 0 saturated heterocycles. The first-order valence-electron chi connectivity index (χ1n) is 3.94. The van der Waals surface area contributed by atoms with Crippen molar-refractivity contribution in [3.05, 3.63) is 12.4 Å². The van der Waals surface area contributed by atoms with Crippen LogP contribution < -0.4 is 0 Å². The van der Waals surface area contributed by atoms with Crippen LogP contribution in [0.25, 0.3) is 0 Å². The number of aromatic nitrogens is 2. The average molecular weight is 233 g/mol. The first kappa shape index (κ1) is 11.1. The summed E-state index contributed by atoms with van der Waals surface area (Å²) in [5, 5.41) is 3.84. The summed E-state index contributed by atoms with van der Waals surface area (Å²) in [6, 6.07) is 0. The molecule has 0 amide bonds. The van der Waals surface area contributed by atoms with E-state index in [-0.39, 0.29) is 4.90 Å². The van der Waals surface area contributed by atoms with Gasteiger partial charge >= 0.3 is 0 Å². The fraction of sp³-hybridized carbons (Fsp3) is 0.375. The molecular weight excluding hydrogens is 224 g/mol. The Balaban J connectivity index is 2.66. The second kappa shape index (κ2) is 4.49. The molecule has 1 heterocycles. The van der Waals surface area contributed by atoms with Gasteiger partial charge in [-0.15, -0.1) is 12.3 Å². The summed E-state index contributed by atoms with van der Waals surface area (Å²) in [5.41, 5.74) is 0. The van der Waals surface area contributed by atoms with Gasteiger partial charge in [0.05, 0.1) is 6.20 Å². The molecule has 0 aromatic carbocycles. The van der Waals surface area contributed by atoms with Crippen molar-refractivity contribution in [1.82, 2.24) is 9.78 Å². The SMILES string of the molecule is C#CCCCn1cc(S(=O)(=O)Cl)cn1. The second-order valence-corrected chi connectivity index (χ2v) is 5.25. The van der Waals surface area contributed by atoms with Crippen LogP contribution in [0.15, 0.2) is 17.3 Å². The van der Waals surface area contributed by atoms with Gasteiger partial charge in [-0.05, 0) is 6.42 Å². The van der Waals surface area contributed by atoms with Gasteiger partial charge in [-0.2, -0.15) is 5.10 Å². The summed E-state index contributed by atoms with van der Waals surface area (Å²) in [6.07, 6.45) is 9.08. The average Bonchev–Trinajstić information content (AvgIpc) is 2.52. The minimum atomic E-state index is -3.66. The molecule has 1 aromatic heterocycles. The number of unbranched alkanes of at least 4 members (excludes halogenated alkanes) is 1. The summed E-state index contributed by atoms with van der Waals surface area (Å²) in [5.74, 6) is 2.49. The van der Waals surface area contributed by atoms with Crippen molar-refractivity contribution in [2.45, 2.75) is 24.3 Å². The van der Waals surface area contributed by atoms with Crippen molar-refractivity contribution < 1.29 is 8.42 Å². The van der Waals surface area contributed by atoms with E-state index in [2.05, 4.69) is 11.0 Å². The maximum Gasteiger partial charge on any atom is 0.264 e. The summed E-state index contributed by atoms with van der Waals surface area (Å²) in [7, 11) is 1.46. The minimum absolute atomic E-state index is 0.0138. The van der Waals surface area contributed by atoms with Gasteiger partial charge in [0, 0.05) is 29.8 Å². The van der Waals surface area contributed by atoms with E-state index in [4.69, 9.17) is 17.1 Å². The Morgan fingerprint density at radius 3 is 2.86 bits per heavy atom. The van der Waals surface area contributed by atoms with E-state index in [1.807, 2.05) is 0 Å². The quantitative estimate of drug-likeness (QED) is 0.446. The van der Waals surface area contributed by atoms with Gasteiger partial charge in [0.25, 0.3) is 9.05 Å². The Bertz CT molecular complexity index is 444. The van der Waals surface area contributed by atoms with E-state index >= 15 is 0 Å². The van der Waals surface area contributed by atoms with Gasteiger partial charge in [0.1, 0.15) is 4.90 Å². The van der Waals surface area contributed by atoms with Crippen molar-refractivity contribution >= 4 is 19.7 Å². The lowest BCUT2D eigenvalue weighted by atomic mass is 10.3. The maximum atomic E-state index is 10.9. The molecule has 0 fully saturated rings. The zero-order chi connectivity index (χ0) is 10.6. The van der Waals surface area contributed by atoms with E-state index in [0.29, 0.717) is 13.0 Å². The summed E-state index contributed by atoms with van der Waals surface area (Å²) >= 11 is 0. The first-order valence-corrected chi connectivity index (χ1v) is 6.25. The molecule has 0 aliphatic heterocycles. The standard InChI is InChI=1S/C8H9ClN2O2S/c1-2-3-4-5-11-7-8(6-10-11)14(9,12)13/h1,6-7H,3-5H2. The zero-order valence-corrected chi connectivity index (χ0v) is 8.92. The minimum Gasteiger partial charge on any atom is -0.271 e. The monoisotopic (exact) mass is 232 g/mol. The third kappa shape index (κ3) is 3.05. The second-order valence-electron chi connectivity index (χ2n) is 2.68. The molecule has 0 aliphatic rings. The third-order valence-corrected chi connectivity index (χ3v) is 2.91. The van der Waals surface area contributed by atoms with E-state index in [1.165, 1.54) is 17.1 Å². The zero-order valence-electron chi connectivity index (χ0n) is 7.35.